The quantitative estimate of drug-likeness (QED) is 0.912. The molecule has 0 bridgehead atoms. The summed E-state index contributed by atoms with van der Waals surface area (Å²) in [5.74, 6) is 0.149. The second kappa shape index (κ2) is 6.75. The average Bonchev–Trinajstić information content (AvgIpc) is 2.47. The summed E-state index contributed by atoms with van der Waals surface area (Å²) >= 11 is 0. The van der Waals surface area contributed by atoms with E-state index in [1.807, 2.05) is 48.2 Å². The molecule has 1 amide bonds. The molecule has 0 aromatic heterocycles. The van der Waals surface area contributed by atoms with Crippen molar-refractivity contribution < 1.29 is 4.79 Å². The lowest BCUT2D eigenvalue weighted by atomic mass is 10.0. The largest absolute Gasteiger partial charge is 0.378 e. The van der Waals surface area contributed by atoms with E-state index in [1.165, 1.54) is 0 Å². The minimum Gasteiger partial charge on any atom is -0.378 e. The van der Waals surface area contributed by atoms with Gasteiger partial charge in [0, 0.05) is 44.5 Å². The highest BCUT2D eigenvalue weighted by Gasteiger charge is 2.23. The number of hydrogen-bond donors (Lipinski definition) is 1. The van der Waals surface area contributed by atoms with Crippen molar-refractivity contribution in [3.8, 4) is 0 Å². The van der Waals surface area contributed by atoms with E-state index in [1.54, 1.807) is 0 Å². The predicted octanol–water partition coefficient (Wildman–Crippen LogP) is 1.97. The Bertz CT molecular complexity index is 457. The Morgan fingerprint density at radius 2 is 2.25 bits per heavy atom. The number of nitrogens with zero attached hydrogens (tertiary/aromatic N) is 2. The molecule has 0 spiro atoms. The maximum atomic E-state index is 12.6. The molecular weight excluding hydrogens is 250 g/mol. The fourth-order valence-electron chi connectivity index (χ4n) is 2.72. The molecular formula is C16H25N3O. The van der Waals surface area contributed by atoms with Gasteiger partial charge in [0.1, 0.15) is 0 Å². The summed E-state index contributed by atoms with van der Waals surface area (Å²) in [6.45, 7) is 4.76. The minimum atomic E-state index is 0.149. The number of carbonyl (C=O) groups excluding carboxylic acids is 1. The highest BCUT2D eigenvalue weighted by Crippen LogP contribution is 2.18. The Balaban J connectivity index is 2.08. The average molecular weight is 275 g/mol. The summed E-state index contributed by atoms with van der Waals surface area (Å²) in [6.07, 6.45) is 2.24. The van der Waals surface area contributed by atoms with Crippen molar-refractivity contribution in [2.75, 3.05) is 38.6 Å². The van der Waals surface area contributed by atoms with Crippen LogP contribution in [-0.4, -0.2) is 50.6 Å². The van der Waals surface area contributed by atoms with E-state index in [0.717, 1.165) is 43.7 Å². The molecule has 0 radical (unpaired) electrons. The van der Waals surface area contributed by atoms with Gasteiger partial charge in [-0.1, -0.05) is 13.0 Å². The summed E-state index contributed by atoms with van der Waals surface area (Å²) in [5.41, 5.74) is 1.85. The van der Waals surface area contributed by atoms with Gasteiger partial charge in [-0.25, -0.2) is 0 Å². The number of likely N-dealkylation sites (N-methyl/N-ethyl adjacent to an activating group) is 1. The van der Waals surface area contributed by atoms with E-state index in [-0.39, 0.29) is 5.91 Å². The Morgan fingerprint density at radius 3 is 2.95 bits per heavy atom. The molecule has 4 heteroatoms. The van der Waals surface area contributed by atoms with Crippen LogP contribution in [0.5, 0.6) is 0 Å². The van der Waals surface area contributed by atoms with Gasteiger partial charge in [0.25, 0.3) is 5.91 Å². The van der Waals surface area contributed by atoms with Crippen LogP contribution in [0.3, 0.4) is 0 Å². The van der Waals surface area contributed by atoms with Crippen LogP contribution in [0.15, 0.2) is 24.3 Å². The number of carbonyl (C=O) groups is 1. The number of hydrogen-bond acceptors (Lipinski definition) is 3. The Labute approximate surface area is 121 Å². The fraction of sp³-hybridized carbons (Fsp3) is 0.562. The van der Waals surface area contributed by atoms with Crippen molar-refractivity contribution in [3.63, 3.8) is 0 Å². The van der Waals surface area contributed by atoms with Crippen molar-refractivity contribution in [3.05, 3.63) is 29.8 Å². The molecule has 1 aromatic carbocycles. The zero-order valence-corrected chi connectivity index (χ0v) is 12.7. The molecule has 1 aliphatic heterocycles. The third-order valence-corrected chi connectivity index (χ3v) is 3.81. The molecule has 0 saturated carbocycles. The van der Waals surface area contributed by atoms with Crippen molar-refractivity contribution in [1.82, 2.24) is 10.2 Å². The molecule has 110 valence electrons. The van der Waals surface area contributed by atoms with Crippen LogP contribution < -0.4 is 10.2 Å². The van der Waals surface area contributed by atoms with Gasteiger partial charge in [-0.2, -0.15) is 0 Å². The molecule has 1 saturated heterocycles. The van der Waals surface area contributed by atoms with Crippen molar-refractivity contribution in [1.29, 1.82) is 0 Å². The molecule has 4 nitrogen and oxygen atoms in total. The first-order valence-electron chi connectivity index (χ1n) is 7.42. The first kappa shape index (κ1) is 14.9. The van der Waals surface area contributed by atoms with Crippen LogP contribution in [0.1, 0.15) is 30.1 Å². The fourth-order valence-corrected chi connectivity index (χ4v) is 2.72. The molecule has 1 fully saturated rings. The third-order valence-electron chi connectivity index (χ3n) is 3.81. The van der Waals surface area contributed by atoms with Crippen LogP contribution in [0.25, 0.3) is 0 Å². The van der Waals surface area contributed by atoms with E-state index in [2.05, 4.69) is 12.2 Å². The van der Waals surface area contributed by atoms with Gasteiger partial charge in [0.05, 0.1) is 0 Å². The normalized spacial score (nSPS) is 18.9. The maximum absolute atomic E-state index is 12.6. The maximum Gasteiger partial charge on any atom is 0.253 e. The Hall–Kier alpha value is -1.55. The number of likely N-dealkylation sites (tertiary alicyclic amines) is 1. The first-order chi connectivity index (χ1) is 9.61. The van der Waals surface area contributed by atoms with Gasteiger partial charge in [-0.05, 0) is 37.6 Å². The number of benzene rings is 1. The van der Waals surface area contributed by atoms with E-state index >= 15 is 0 Å². The molecule has 20 heavy (non-hydrogen) atoms. The van der Waals surface area contributed by atoms with Crippen molar-refractivity contribution in [2.24, 2.45) is 0 Å². The van der Waals surface area contributed by atoms with Gasteiger partial charge < -0.3 is 15.1 Å². The van der Waals surface area contributed by atoms with E-state index < -0.39 is 0 Å². The zero-order valence-electron chi connectivity index (χ0n) is 12.7. The summed E-state index contributed by atoms with van der Waals surface area (Å²) in [4.78, 5) is 16.6. The van der Waals surface area contributed by atoms with Crippen LogP contribution in [-0.2, 0) is 0 Å². The standard InChI is InChI=1S/C16H25N3O/c1-4-17-14-8-6-10-19(12-14)16(20)13-7-5-9-15(11-13)18(2)3/h5,7,9,11,14,17H,4,6,8,10,12H2,1-3H3. The molecule has 1 N–H and O–H groups in total. The third kappa shape index (κ3) is 3.51. The van der Waals surface area contributed by atoms with Crippen molar-refractivity contribution in [2.45, 2.75) is 25.8 Å². The topological polar surface area (TPSA) is 35.6 Å². The van der Waals surface area contributed by atoms with Gasteiger partial charge in [0.2, 0.25) is 0 Å². The van der Waals surface area contributed by atoms with Gasteiger partial charge in [-0.15, -0.1) is 0 Å². The molecule has 1 aliphatic rings. The summed E-state index contributed by atoms with van der Waals surface area (Å²) in [7, 11) is 3.98. The predicted molar refractivity (Wildman–Crippen MR) is 83.4 cm³/mol. The summed E-state index contributed by atoms with van der Waals surface area (Å²) in [5, 5.41) is 3.45. The number of amides is 1. The number of nitrogens with one attached hydrogen (secondary N) is 1. The number of piperidine rings is 1. The Morgan fingerprint density at radius 1 is 1.45 bits per heavy atom. The SMILES string of the molecule is CCNC1CCCN(C(=O)c2cccc(N(C)C)c2)C1. The van der Waals surface area contributed by atoms with Crippen LogP contribution in [0.4, 0.5) is 5.69 Å². The second-order valence-electron chi connectivity index (χ2n) is 5.59. The molecule has 0 aliphatic carbocycles. The first-order valence-corrected chi connectivity index (χ1v) is 7.42. The molecule has 1 heterocycles. The molecule has 2 rings (SSSR count). The summed E-state index contributed by atoms with van der Waals surface area (Å²) in [6, 6.07) is 8.29. The van der Waals surface area contributed by atoms with Crippen LogP contribution >= 0.6 is 0 Å². The highest BCUT2D eigenvalue weighted by molar-refractivity contribution is 5.95. The molecule has 1 atom stereocenters. The number of rotatable bonds is 4. The molecule has 1 aromatic rings. The lowest BCUT2D eigenvalue weighted by Crippen LogP contribution is -2.47. The lowest BCUT2D eigenvalue weighted by Gasteiger charge is -2.33. The Kier molecular flexibility index (Phi) is 5.01. The van der Waals surface area contributed by atoms with E-state index in [9.17, 15) is 4.79 Å². The smallest absolute Gasteiger partial charge is 0.253 e. The molecule has 1 unspecified atom stereocenters. The van der Waals surface area contributed by atoms with E-state index in [4.69, 9.17) is 0 Å². The van der Waals surface area contributed by atoms with Crippen molar-refractivity contribution >= 4 is 11.6 Å². The lowest BCUT2D eigenvalue weighted by molar-refractivity contribution is 0.0695. The van der Waals surface area contributed by atoms with Crippen LogP contribution in [0.2, 0.25) is 0 Å². The van der Waals surface area contributed by atoms with Gasteiger partial charge in [0.15, 0.2) is 0 Å². The summed E-state index contributed by atoms with van der Waals surface area (Å²) < 4.78 is 0. The van der Waals surface area contributed by atoms with Gasteiger partial charge >= 0.3 is 0 Å². The second-order valence-corrected chi connectivity index (χ2v) is 5.59. The number of anilines is 1. The zero-order chi connectivity index (χ0) is 14.5. The minimum absolute atomic E-state index is 0.149. The monoisotopic (exact) mass is 275 g/mol. The van der Waals surface area contributed by atoms with Gasteiger partial charge in [-0.3, -0.25) is 4.79 Å². The highest BCUT2D eigenvalue weighted by atomic mass is 16.2. The van der Waals surface area contributed by atoms with E-state index in [0.29, 0.717) is 6.04 Å². The van der Waals surface area contributed by atoms with Crippen LogP contribution in [0, 0.1) is 0 Å².